The van der Waals surface area contributed by atoms with Gasteiger partial charge in [0.25, 0.3) is 0 Å². The molecule has 1 rings (SSSR count). The van der Waals surface area contributed by atoms with Crippen LogP contribution in [0, 0.1) is 5.92 Å². The van der Waals surface area contributed by atoms with E-state index < -0.39 is 24.0 Å². The van der Waals surface area contributed by atoms with Gasteiger partial charge in [0.2, 0.25) is 5.91 Å². The summed E-state index contributed by atoms with van der Waals surface area (Å²) in [6, 6.07) is 0. The quantitative estimate of drug-likeness (QED) is 0.414. The third-order valence-electron chi connectivity index (χ3n) is 3.11. The van der Waals surface area contributed by atoms with Gasteiger partial charge in [-0.05, 0) is 25.9 Å². The SMILES string of the molecule is COC(CNC(=O)C(=O)NC(=O)C1CCNCC1)OC. The molecule has 0 bridgehead atoms. The zero-order valence-corrected chi connectivity index (χ0v) is 11.7. The molecule has 0 aromatic carbocycles. The number of ether oxygens (including phenoxy) is 2. The predicted molar refractivity (Wildman–Crippen MR) is 69.6 cm³/mol. The minimum atomic E-state index is -0.959. The molecule has 1 aliphatic rings. The van der Waals surface area contributed by atoms with E-state index in [9.17, 15) is 14.4 Å². The highest BCUT2D eigenvalue weighted by atomic mass is 16.7. The number of hydrogen-bond donors (Lipinski definition) is 3. The fourth-order valence-corrected chi connectivity index (χ4v) is 1.87. The van der Waals surface area contributed by atoms with E-state index in [1.165, 1.54) is 14.2 Å². The Bertz CT molecular complexity index is 351. The van der Waals surface area contributed by atoms with Crippen molar-refractivity contribution in [2.45, 2.75) is 19.1 Å². The molecule has 1 saturated heterocycles. The van der Waals surface area contributed by atoms with E-state index in [-0.39, 0.29) is 12.5 Å². The van der Waals surface area contributed by atoms with E-state index >= 15 is 0 Å². The number of rotatable bonds is 5. The minimum Gasteiger partial charge on any atom is -0.354 e. The number of amides is 3. The first-order valence-corrected chi connectivity index (χ1v) is 6.47. The Labute approximate surface area is 117 Å². The van der Waals surface area contributed by atoms with Crippen LogP contribution < -0.4 is 16.0 Å². The van der Waals surface area contributed by atoms with Gasteiger partial charge in [-0.1, -0.05) is 0 Å². The van der Waals surface area contributed by atoms with E-state index in [1.54, 1.807) is 0 Å². The Morgan fingerprint density at radius 3 is 2.30 bits per heavy atom. The van der Waals surface area contributed by atoms with Gasteiger partial charge in [0.15, 0.2) is 6.29 Å². The smallest absolute Gasteiger partial charge is 0.315 e. The first-order valence-electron chi connectivity index (χ1n) is 6.47. The van der Waals surface area contributed by atoms with Crippen LogP contribution in [0.25, 0.3) is 0 Å². The lowest BCUT2D eigenvalue weighted by Gasteiger charge is -2.21. The molecular formula is C12H21N3O5. The molecule has 0 saturated carbocycles. The maximum absolute atomic E-state index is 11.8. The van der Waals surface area contributed by atoms with Crippen molar-refractivity contribution in [2.75, 3.05) is 33.9 Å². The van der Waals surface area contributed by atoms with Gasteiger partial charge in [-0.15, -0.1) is 0 Å². The molecule has 0 aromatic rings. The van der Waals surface area contributed by atoms with Gasteiger partial charge < -0.3 is 20.1 Å². The van der Waals surface area contributed by atoms with Crippen molar-refractivity contribution < 1.29 is 23.9 Å². The van der Waals surface area contributed by atoms with Crippen molar-refractivity contribution in [1.29, 1.82) is 0 Å². The van der Waals surface area contributed by atoms with Crippen molar-refractivity contribution in [3.05, 3.63) is 0 Å². The zero-order chi connectivity index (χ0) is 15.0. The second-order valence-electron chi connectivity index (χ2n) is 4.45. The lowest BCUT2D eigenvalue weighted by atomic mass is 9.97. The molecule has 114 valence electrons. The molecule has 1 heterocycles. The number of imide groups is 1. The van der Waals surface area contributed by atoms with Crippen LogP contribution in [0.4, 0.5) is 0 Å². The van der Waals surface area contributed by atoms with Crippen molar-refractivity contribution in [1.82, 2.24) is 16.0 Å². The summed E-state index contributed by atoms with van der Waals surface area (Å²) >= 11 is 0. The largest absolute Gasteiger partial charge is 0.354 e. The second-order valence-corrected chi connectivity index (χ2v) is 4.45. The molecule has 8 nitrogen and oxygen atoms in total. The maximum atomic E-state index is 11.8. The summed E-state index contributed by atoms with van der Waals surface area (Å²) in [4.78, 5) is 34.8. The Balaban J connectivity index is 2.33. The molecule has 0 radical (unpaired) electrons. The Kier molecular flexibility index (Phi) is 7.13. The zero-order valence-electron chi connectivity index (χ0n) is 11.7. The van der Waals surface area contributed by atoms with Crippen LogP contribution >= 0.6 is 0 Å². The molecule has 0 atom stereocenters. The van der Waals surface area contributed by atoms with E-state index in [1.807, 2.05) is 0 Å². The topological polar surface area (TPSA) is 106 Å². The first-order chi connectivity index (χ1) is 9.58. The minimum absolute atomic E-state index is 0.0286. The number of carbonyl (C=O) groups excluding carboxylic acids is 3. The summed E-state index contributed by atoms with van der Waals surface area (Å²) in [7, 11) is 2.84. The third-order valence-corrected chi connectivity index (χ3v) is 3.11. The van der Waals surface area contributed by atoms with E-state index in [2.05, 4.69) is 16.0 Å². The number of piperidine rings is 1. The Morgan fingerprint density at radius 1 is 1.15 bits per heavy atom. The fraction of sp³-hybridized carbons (Fsp3) is 0.750. The highest BCUT2D eigenvalue weighted by Gasteiger charge is 2.25. The second kappa shape index (κ2) is 8.62. The molecule has 0 aliphatic carbocycles. The molecule has 0 aromatic heterocycles. The fourth-order valence-electron chi connectivity index (χ4n) is 1.87. The summed E-state index contributed by atoms with van der Waals surface area (Å²) < 4.78 is 9.73. The molecule has 1 aliphatic heterocycles. The van der Waals surface area contributed by atoms with Crippen LogP contribution in [-0.2, 0) is 23.9 Å². The van der Waals surface area contributed by atoms with Gasteiger partial charge in [0.05, 0.1) is 6.54 Å². The van der Waals surface area contributed by atoms with Gasteiger partial charge in [-0.3, -0.25) is 19.7 Å². The van der Waals surface area contributed by atoms with Crippen LogP contribution in [-0.4, -0.2) is 57.9 Å². The monoisotopic (exact) mass is 287 g/mol. The lowest BCUT2D eigenvalue weighted by molar-refractivity contribution is -0.145. The summed E-state index contributed by atoms with van der Waals surface area (Å²) in [5, 5.41) is 7.56. The van der Waals surface area contributed by atoms with Gasteiger partial charge in [0, 0.05) is 20.1 Å². The Hall–Kier alpha value is -1.51. The number of nitrogens with one attached hydrogen (secondary N) is 3. The van der Waals surface area contributed by atoms with E-state index in [0.717, 1.165) is 13.1 Å². The maximum Gasteiger partial charge on any atom is 0.315 e. The molecule has 0 spiro atoms. The van der Waals surface area contributed by atoms with Gasteiger partial charge in [-0.25, -0.2) is 0 Å². The van der Waals surface area contributed by atoms with Gasteiger partial charge in [0.1, 0.15) is 0 Å². The van der Waals surface area contributed by atoms with E-state index in [4.69, 9.17) is 9.47 Å². The molecule has 8 heteroatoms. The van der Waals surface area contributed by atoms with Crippen LogP contribution in [0.2, 0.25) is 0 Å². The third kappa shape index (κ3) is 5.24. The summed E-state index contributed by atoms with van der Waals surface area (Å²) in [6.45, 7) is 1.50. The highest BCUT2D eigenvalue weighted by molar-refractivity contribution is 6.37. The Morgan fingerprint density at radius 2 is 1.75 bits per heavy atom. The lowest BCUT2D eigenvalue weighted by Crippen LogP contribution is -2.48. The van der Waals surface area contributed by atoms with Gasteiger partial charge in [-0.2, -0.15) is 0 Å². The van der Waals surface area contributed by atoms with Crippen LogP contribution in [0.1, 0.15) is 12.8 Å². The molecule has 1 fully saturated rings. The highest BCUT2D eigenvalue weighted by Crippen LogP contribution is 2.10. The summed E-state index contributed by atoms with van der Waals surface area (Å²) in [5.41, 5.74) is 0. The van der Waals surface area contributed by atoms with E-state index in [0.29, 0.717) is 12.8 Å². The van der Waals surface area contributed by atoms with Crippen LogP contribution in [0.3, 0.4) is 0 Å². The number of hydrogen-bond acceptors (Lipinski definition) is 6. The molecule has 20 heavy (non-hydrogen) atoms. The first kappa shape index (κ1) is 16.5. The normalized spacial score (nSPS) is 15.9. The average molecular weight is 287 g/mol. The molecular weight excluding hydrogens is 266 g/mol. The standard InChI is InChI=1S/C12H21N3O5/c1-19-9(20-2)7-14-11(17)12(18)15-10(16)8-3-5-13-6-4-8/h8-9,13H,3-7H2,1-2H3,(H,14,17)(H,15,16,18). The molecule has 3 amide bonds. The van der Waals surface area contributed by atoms with Crippen LogP contribution in [0.15, 0.2) is 0 Å². The summed E-state index contributed by atoms with van der Waals surface area (Å²) in [6.07, 6.45) is 0.693. The molecule has 3 N–H and O–H groups in total. The van der Waals surface area contributed by atoms with Crippen molar-refractivity contribution in [3.8, 4) is 0 Å². The van der Waals surface area contributed by atoms with Crippen molar-refractivity contribution >= 4 is 17.7 Å². The predicted octanol–water partition coefficient (Wildman–Crippen LogP) is -1.64. The molecule has 0 unspecified atom stereocenters. The average Bonchev–Trinajstić information content (AvgIpc) is 2.48. The van der Waals surface area contributed by atoms with Gasteiger partial charge >= 0.3 is 11.8 Å². The van der Waals surface area contributed by atoms with Crippen molar-refractivity contribution in [3.63, 3.8) is 0 Å². The van der Waals surface area contributed by atoms with Crippen LogP contribution in [0.5, 0.6) is 0 Å². The van der Waals surface area contributed by atoms with Crippen molar-refractivity contribution in [2.24, 2.45) is 5.92 Å². The number of methoxy groups -OCH3 is 2. The number of carbonyl (C=O) groups is 3. The summed E-state index contributed by atoms with van der Waals surface area (Å²) in [5.74, 6) is -2.47.